The molecule has 20 heavy (non-hydrogen) atoms. The van der Waals surface area contributed by atoms with Crippen LogP contribution in [0, 0.1) is 0 Å². The number of rotatable bonds is 3. The molecule has 0 aliphatic heterocycles. The van der Waals surface area contributed by atoms with Gasteiger partial charge in [-0.2, -0.15) is 0 Å². The lowest BCUT2D eigenvalue weighted by Gasteiger charge is -2.10. The van der Waals surface area contributed by atoms with Gasteiger partial charge in [-0.3, -0.25) is 9.59 Å². The Hall–Kier alpha value is -2.33. The van der Waals surface area contributed by atoms with E-state index < -0.39 is 0 Å². The molecule has 0 unspecified atom stereocenters. The predicted octanol–water partition coefficient (Wildman–Crippen LogP) is 3.55. The molecule has 0 heterocycles. The van der Waals surface area contributed by atoms with Crippen molar-refractivity contribution >= 4 is 34.8 Å². The Morgan fingerprint density at radius 3 is 2.45 bits per heavy atom. The zero-order chi connectivity index (χ0) is 14.5. The van der Waals surface area contributed by atoms with E-state index in [9.17, 15) is 9.59 Å². The number of anilines is 2. The van der Waals surface area contributed by atoms with Gasteiger partial charge in [0.2, 0.25) is 5.91 Å². The molecule has 0 aliphatic carbocycles. The summed E-state index contributed by atoms with van der Waals surface area (Å²) < 4.78 is 0. The number of carbonyl (C=O) groups is 2. The molecule has 2 aromatic carbocycles. The number of nitrogens with one attached hydrogen (secondary N) is 2. The fraction of sp³-hybridized carbons (Fsp3) is 0.0667. The molecule has 2 N–H and O–H groups in total. The molecule has 0 atom stereocenters. The Bertz CT molecular complexity index is 656. The zero-order valence-corrected chi connectivity index (χ0v) is 11.6. The molecule has 4 nitrogen and oxygen atoms in total. The maximum Gasteiger partial charge on any atom is 0.257 e. The minimum Gasteiger partial charge on any atom is -0.326 e. The van der Waals surface area contributed by atoms with Gasteiger partial charge in [0.1, 0.15) is 0 Å². The third-order valence-electron chi connectivity index (χ3n) is 2.56. The number of hydrogen-bond donors (Lipinski definition) is 2. The van der Waals surface area contributed by atoms with Gasteiger partial charge in [0.25, 0.3) is 5.91 Å². The molecule has 0 aromatic heterocycles. The first-order chi connectivity index (χ1) is 9.56. The van der Waals surface area contributed by atoms with Gasteiger partial charge < -0.3 is 10.6 Å². The van der Waals surface area contributed by atoms with E-state index in [1.165, 1.54) is 6.92 Å². The summed E-state index contributed by atoms with van der Waals surface area (Å²) in [6, 6.07) is 13.7. The van der Waals surface area contributed by atoms with Crippen molar-refractivity contribution in [1.29, 1.82) is 0 Å². The van der Waals surface area contributed by atoms with Crippen molar-refractivity contribution in [3.8, 4) is 0 Å². The molecule has 0 aliphatic rings. The van der Waals surface area contributed by atoms with Crippen LogP contribution in [0.25, 0.3) is 0 Å². The second kappa shape index (κ2) is 6.21. The standard InChI is InChI=1S/C15H13ClN2O2/c1-10(19)17-14-8-3-2-7-13(14)15(20)18-12-6-4-5-11(16)9-12/h2-9H,1H3,(H,17,19)(H,18,20). The zero-order valence-electron chi connectivity index (χ0n) is 10.8. The fourth-order valence-electron chi connectivity index (χ4n) is 1.74. The summed E-state index contributed by atoms with van der Waals surface area (Å²) in [6.45, 7) is 1.39. The van der Waals surface area contributed by atoms with E-state index in [-0.39, 0.29) is 11.8 Å². The van der Waals surface area contributed by atoms with E-state index in [0.29, 0.717) is 22.0 Å². The highest BCUT2D eigenvalue weighted by Crippen LogP contribution is 2.19. The summed E-state index contributed by atoms with van der Waals surface area (Å²) in [5.41, 5.74) is 1.46. The predicted molar refractivity (Wildman–Crippen MR) is 80.2 cm³/mol. The van der Waals surface area contributed by atoms with Gasteiger partial charge in [-0.05, 0) is 30.3 Å². The fourth-order valence-corrected chi connectivity index (χ4v) is 1.93. The Morgan fingerprint density at radius 2 is 1.75 bits per heavy atom. The lowest BCUT2D eigenvalue weighted by molar-refractivity contribution is -0.114. The number of carbonyl (C=O) groups excluding carboxylic acids is 2. The average Bonchev–Trinajstić information content (AvgIpc) is 2.38. The van der Waals surface area contributed by atoms with Crippen LogP contribution >= 0.6 is 11.6 Å². The van der Waals surface area contributed by atoms with Gasteiger partial charge in [-0.15, -0.1) is 0 Å². The first-order valence-electron chi connectivity index (χ1n) is 6.00. The van der Waals surface area contributed by atoms with E-state index in [1.807, 2.05) is 0 Å². The summed E-state index contributed by atoms with van der Waals surface area (Å²) in [6.07, 6.45) is 0. The average molecular weight is 289 g/mol. The molecule has 2 rings (SSSR count). The van der Waals surface area contributed by atoms with Crippen molar-refractivity contribution in [2.75, 3.05) is 10.6 Å². The van der Waals surface area contributed by atoms with Gasteiger partial charge in [0.15, 0.2) is 0 Å². The monoisotopic (exact) mass is 288 g/mol. The summed E-state index contributed by atoms with van der Waals surface area (Å²) in [5, 5.41) is 5.90. The van der Waals surface area contributed by atoms with Gasteiger partial charge in [0.05, 0.1) is 11.3 Å². The van der Waals surface area contributed by atoms with Crippen LogP contribution in [0.1, 0.15) is 17.3 Å². The summed E-state index contributed by atoms with van der Waals surface area (Å²) in [4.78, 5) is 23.4. The molecular formula is C15H13ClN2O2. The maximum atomic E-state index is 12.2. The molecule has 0 saturated heterocycles. The first-order valence-corrected chi connectivity index (χ1v) is 6.37. The lowest BCUT2D eigenvalue weighted by atomic mass is 10.1. The van der Waals surface area contributed by atoms with Crippen LogP contribution in [0.5, 0.6) is 0 Å². The molecule has 0 radical (unpaired) electrons. The first kappa shape index (κ1) is 14.1. The number of amides is 2. The van der Waals surface area contributed by atoms with Gasteiger partial charge in [0, 0.05) is 17.6 Å². The van der Waals surface area contributed by atoms with Crippen molar-refractivity contribution in [3.63, 3.8) is 0 Å². The van der Waals surface area contributed by atoms with Crippen molar-refractivity contribution in [1.82, 2.24) is 0 Å². The smallest absolute Gasteiger partial charge is 0.257 e. The number of benzene rings is 2. The van der Waals surface area contributed by atoms with Crippen molar-refractivity contribution in [3.05, 3.63) is 59.1 Å². The number of para-hydroxylation sites is 1. The van der Waals surface area contributed by atoms with Gasteiger partial charge in [-0.25, -0.2) is 0 Å². The second-order valence-electron chi connectivity index (χ2n) is 4.19. The lowest BCUT2D eigenvalue weighted by Crippen LogP contribution is -2.16. The van der Waals surface area contributed by atoms with Crippen LogP contribution in [0.2, 0.25) is 5.02 Å². The Kier molecular flexibility index (Phi) is 4.38. The summed E-state index contributed by atoms with van der Waals surface area (Å²) in [7, 11) is 0. The van der Waals surface area contributed by atoms with Gasteiger partial charge in [-0.1, -0.05) is 29.8 Å². The molecule has 2 aromatic rings. The quantitative estimate of drug-likeness (QED) is 0.907. The molecule has 0 spiro atoms. The number of halogens is 1. The van der Waals surface area contributed by atoms with Crippen LogP contribution in [0.4, 0.5) is 11.4 Å². The SMILES string of the molecule is CC(=O)Nc1ccccc1C(=O)Nc1cccc(Cl)c1. The largest absolute Gasteiger partial charge is 0.326 e. The molecule has 5 heteroatoms. The van der Waals surface area contributed by atoms with E-state index in [4.69, 9.17) is 11.6 Å². The topological polar surface area (TPSA) is 58.2 Å². The highest BCUT2D eigenvalue weighted by molar-refractivity contribution is 6.31. The Labute approximate surface area is 121 Å². The molecule has 0 bridgehead atoms. The van der Waals surface area contributed by atoms with Crippen LogP contribution in [-0.4, -0.2) is 11.8 Å². The summed E-state index contributed by atoms with van der Waals surface area (Å²) >= 11 is 5.87. The van der Waals surface area contributed by atoms with Crippen molar-refractivity contribution < 1.29 is 9.59 Å². The molecule has 0 fully saturated rings. The number of hydrogen-bond acceptors (Lipinski definition) is 2. The third kappa shape index (κ3) is 3.59. The highest BCUT2D eigenvalue weighted by Gasteiger charge is 2.12. The van der Waals surface area contributed by atoms with Crippen LogP contribution in [0.3, 0.4) is 0 Å². The van der Waals surface area contributed by atoms with Crippen LogP contribution < -0.4 is 10.6 Å². The molecule has 2 amide bonds. The van der Waals surface area contributed by atoms with Crippen molar-refractivity contribution in [2.45, 2.75) is 6.92 Å². The third-order valence-corrected chi connectivity index (χ3v) is 2.80. The van der Waals surface area contributed by atoms with E-state index in [1.54, 1.807) is 48.5 Å². The van der Waals surface area contributed by atoms with E-state index >= 15 is 0 Å². The minimum atomic E-state index is -0.309. The van der Waals surface area contributed by atoms with Crippen molar-refractivity contribution in [2.24, 2.45) is 0 Å². The second-order valence-corrected chi connectivity index (χ2v) is 4.63. The Morgan fingerprint density at radius 1 is 1.00 bits per heavy atom. The molecule has 102 valence electrons. The Balaban J connectivity index is 2.23. The highest BCUT2D eigenvalue weighted by atomic mass is 35.5. The van der Waals surface area contributed by atoms with E-state index in [0.717, 1.165) is 0 Å². The molecular weight excluding hydrogens is 276 g/mol. The van der Waals surface area contributed by atoms with Crippen LogP contribution in [0.15, 0.2) is 48.5 Å². The summed E-state index contributed by atoms with van der Waals surface area (Å²) in [5.74, 6) is -0.537. The van der Waals surface area contributed by atoms with E-state index in [2.05, 4.69) is 10.6 Å². The minimum absolute atomic E-state index is 0.229. The normalized spacial score (nSPS) is 9.90. The van der Waals surface area contributed by atoms with Crippen LogP contribution in [-0.2, 0) is 4.79 Å². The van der Waals surface area contributed by atoms with Gasteiger partial charge >= 0.3 is 0 Å². The molecule has 0 saturated carbocycles. The maximum absolute atomic E-state index is 12.2.